The lowest BCUT2D eigenvalue weighted by molar-refractivity contribution is -0.135. The van der Waals surface area contributed by atoms with Crippen molar-refractivity contribution in [2.75, 3.05) is 23.7 Å². The molecule has 4 heteroatoms. The van der Waals surface area contributed by atoms with Gasteiger partial charge in [-0.2, -0.15) is 0 Å². The third kappa shape index (κ3) is 2.99. The van der Waals surface area contributed by atoms with E-state index in [1.165, 1.54) is 6.42 Å². The largest absolute Gasteiger partial charge is 0.381 e. The zero-order chi connectivity index (χ0) is 14.7. The van der Waals surface area contributed by atoms with Crippen molar-refractivity contribution in [3.63, 3.8) is 0 Å². The maximum Gasteiger partial charge on any atom is 0.247 e. The summed E-state index contributed by atoms with van der Waals surface area (Å²) in [7, 11) is 0. The van der Waals surface area contributed by atoms with Crippen molar-refractivity contribution in [3.8, 4) is 0 Å². The summed E-state index contributed by atoms with van der Waals surface area (Å²) >= 11 is 0. The molecule has 1 saturated heterocycles. The van der Waals surface area contributed by atoms with E-state index in [2.05, 4.69) is 22.5 Å². The van der Waals surface area contributed by atoms with E-state index < -0.39 is 0 Å². The SMILES string of the molecule is CCCC1CCCCN1C(=O)C1CNc2ccccc2N1. The average molecular weight is 287 g/mol. The number of carbonyl (C=O) groups is 1. The summed E-state index contributed by atoms with van der Waals surface area (Å²) in [6, 6.07) is 8.39. The van der Waals surface area contributed by atoms with Gasteiger partial charge in [-0.15, -0.1) is 0 Å². The highest BCUT2D eigenvalue weighted by molar-refractivity contribution is 5.89. The third-order valence-corrected chi connectivity index (χ3v) is 4.58. The molecule has 0 aliphatic carbocycles. The number of nitrogens with zero attached hydrogens (tertiary/aromatic N) is 1. The number of carbonyl (C=O) groups excluding carboxylic acids is 1. The lowest BCUT2D eigenvalue weighted by Gasteiger charge is -2.39. The molecule has 0 bridgehead atoms. The standard InChI is InChI=1S/C17H25N3O/c1-2-7-13-8-5-6-11-20(13)17(21)16-12-18-14-9-3-4-10-15(14)19-16/h3-4,9-10,13,16,18-19H,2,5-8,11-12H2,1H3. The lowest BCUT2D eigenvalue weighted by atomic mass is 9.97. The fraction of sp³-hybridized carbons (Fsp3) is 0.588. The molecule has 0 aromatic heterocycles. The minimum Gasteiger partial charge on any atom is -0.381 e. The first kappa shape index (κ1) is 14.2. The first-order valence-corrected chi connectivity index (χ1v) is 8.19. The van der Waals surface area contributed by atoms with E-state index in [9.17, 15) is 4.79 Å². The Kier molecular flexibility index (Phi) is 4.32. The molecule has 2 aliphatic heterocycles. The highest BCUT2D eigenvalue weighted by Crippen LogP contribution is 2.27. The summed E-state index contributed by atoms with van der Waals surface area (Å²) in [5.74, 6) is 0.259. The Bertz CT molecular complexity index is 501. The minimum atomic E-state index is -0.141. The van der Waals surface area contributed by atoms with Crippen molar-refractivity contribution in [2.24, 2.45) is 0 Å². The topological polar surface area (TPSA) is 44.4 Å². The molecule has 4 nitrogen and oxygen atoms in total. The van der Waals surface area contributed by atoms with Gasteiger partial charge >= 0.3 is 0 Å². The summed E-state index contributed by atoms with van der Waals surface area (Å²) in [5.41, 5.74) is 2.12. The average Bonchev–Trinajstić information content (AvgIpc) is 2.54. The van der Waals surface area contributed by atoms with Crippen molar-refractivity contribution >= 4 is 17.3 Å². The van der Waals surface area contributed by atoms with Crippen LogP contribution in [0.3, 0.4) is 0 Å². The van der Waals surface area contributed by atoms with Crippen LogP contribution in [0.4, 0.5) is 11.4 Å². The van der Waals surface area contributed by atoms with Gasteiger partial charge in [0.1, 0.15) is 6.04 Å². The number of fused-ring (bicyclic) bond motifs is 1. The van der Waals surface area contributed by atoms with E-state index in [0.29, 0.717) is 12.6 Å². The van der Waals surface area contributed by atoms with Crippen LogP contribution in [0, 0.1) is 0 Å². The van der Waals surface area contributed by atoms with Crippen molar-refractivity contribution in [1.29, 1.82) is 0 Å². The molecule has 0 spiro atoms. The number of nitrogens with one attached hydrogen (secondary N) is 2. The maximum absolute atomic E-state index is 12.9. The van der Waals surface area contributed by atoms with Crippen LogP contribution in [-0.4, -0.2) is 36.0 Å². The van der Waals surface area contributed by atoms with Gasteiger partial charge in [0, 0.05) is 19.1 Å². The van der Waals surface area contributed by atoms with Crippen molar-refractivity contribution < 1.29 is 4.79 Å². The van der Waals surface area contributed by atoms with Crippen LogP contribution < -0.4 is 10.6 Å². The molecule has 0 radical (unpaired) electrons. The van der Waals surface area contributed by atoms with Gasteiger partial charge in [0.2, 0.25) is 5.91 Å². The van der Waals surface area contributed by atoms with Gasteiger partial charge in [-0.25, -0.2) is 0 Å². The molecule has 0 saturated carbocycles. The fourth-order valence-corrected chi connectivity index (χ4v) is 3.49. The summed E-state index contributed by atoms with van der Waals surface area (Å²) in [6.07, 6.45) is 5.84. The Morgan fingerprint density at radius 3 is 2.90 bits per heavy atom. The Morgan fingerprint density at radius 1 is 1.29 bits per heavy atom. The summed E-state index contributed by atoms with van der Waals surface area (Å²) in [4.78, 5) is 15.0. The molecule has 114 valence electrons. The number of likely N-dealkylation sites (tertiary alicyclic amines) is 1. The van der Waals surface area contributed by atoms with Crippen molar-refractivity contribution in [1.82, 2.24) is 4.90 Å². The summed E-state index contributed by atoms with van der Waals surface area (Å²) in [5, 5.41) is 6.77. The number of piperidine rings is 1. The predicted octanol–water partition coefficient (Wildman–Crippen LogP) is 3.07. The molecular weight excluding hydrogens is 262 g/mol. The molecule has 2 unspecified atom stereocenters. The van der Waals surface area contributed by atoms with Crippen LogP contribution in [0.2, 0.25) is 0 Å². The monoisotopic (exact) mass is 287 g/mol. The molecule has 21 heavy (non-hydrogen) atoms. The third-order valence-electron chi connectivity index (χ3n) is 4.58. The van der Waals surface area contributed by atoms with Gasteiger partial charge in [-0.05, 0) is 37.8 Å². The highest BCUT2D eigenvalue weighted by atomic mass is 16.2. The zero-order valence-corrected chi connectivity index (χ0v) is 12.8. The molecule has 2 aliphatic rings. The van der Waals surface area contributed by atoms with Gasteiger partial charge in [0.15, 0.2) is 0 Å². The lowest BCUT2D eigenvalue weighted by Crippen LogP contribution is -2.53. The number of benzene rings is 1. The minimum absolute atomic E-state index is 0.141. The Balaban J connectivity index is 1.70. The van der Waals surface area contributed by atoms with Gasteiger partial charge in [0.05, 0.1) is 11.4 Å². The van der Waals surface area contributed by atoms with Gasteiger partial charge in [-0.1, -0.05) is 25.5 Å². The number of hydrogen-bond acceptors (Lipinski definition) is 3. The smallest absolute Gasteiger partial charge is 0.247 e. The normalized spacial score (nSPS) is 24.7. The number of rotatable bonds is 3. The van der Waals surface area contributed by atoms with E-state index in [0.717, 1.165) is 43.6 Å². The van der Waals surface area contributed by atoms with Crippen molar-refractivity contribution in [2.45, 2.75) is 51.1 Å². The van der Waals surface area contributed by atoms with Crippen LogP contribution in [0.15, 0.2) is 24.3 Å². The van der Waals surface area contributed by atoms with Gasteiger partial charge in [0.25, 0.3) is 0 Å². The molecule has 2 heterocycles. The molecule has 1 aromatic rings. The number of anilines is 2. The van der Waals surface area contributed by atoms with E-state index in [1.54, 1.807) is 0 Å². The number of para-hydroxylation sites is 2. The fourth-order valence-electron chi connectivity index (χ4n) is 3.49. The molecule has 3 rings (SSSR count). The summed E-state index contributed by atoms with van der Waals surface area (Å²) < 4.78 is 0. The van der Waals surface area contributed by atoms with Crippen LogP contribution in [0.5, 0.6) is 0 Å². The number of amides is 1. The molecular formula is C17H25N3O. The number of hydrogen-bond donors (Lipinski definition) is 2. The van der Waals surface area contributed by atoms with Crippen LogP contribution >= 0.6 is 0 Å². The quantitative estimate of drug-likeness (QED) is 0.898. The van der Waals surface area contributed by atoms with Crippen molar-refractivity contribution in [3.05, 3.63) is 24.3 Å². The first-order chi connectivity index (χ1) is 10.3. The first-order valence-electron chi connectivity index (χ1n) is 8.19. The molecule has 1 fully saturated rings. The zero-order valence-electron chi connectivity index (χ0n) is 12.8. The Hall–Kier alpha value is -1.71. The van der Waals surface area contributed by atoms with Crippen LogP contribution in [0.1, 0.15) is 39.0 Å². The van der Waals surface area contributed by atoms with Crippen LogP contribution in [-0.2, 0) is 4.79 Å². The Labute approximate surface area is 126 Å². The van der Waals surface area contributed by atoms with Crippen LogP contribution in [0.25, 0.3) is 0 Å². The molecule has 2 N–H and O–H groups in total. The molecule has 1 aromatic carbocycles. The Morgan fingerprint density at radius 2 is 2.10 bits per heavy atom. The van der Waals surface area contributed by atoms with E-state index in [4.69, 9.17) is 0 Å². The van der Waals surface area contributed by atoms with E-state index in [1.807, 2.05) is 24.3 Å². The van der Waals surface area contributed by atoms with E-state index >= 15 is 0 Å². The predicted molar refractivity (Wildman–Crippen MR) is 86.6 cm³/mol. The highest BCUT2D eigenvalue weighted by Gasteiger charge is 2.32. The molecule has 2 atom stereocenters. The second-order valence-corrected chi connectivity index (χ2v) is 6.09. The second kappa shape index (κ2) is 6.37. The van der Waals surface area contributed by atoms with E-state index in [-0.39, 0.29) is 11.9 Å². The summed E-state index contributed by atoms with van der Waals surface area (Å²) in [6.45, 7) is 3.79. The second-order valence-electron chi connectivity index (χ2n) is 6.09. The maximum atomic E-state index is 12.9. The van der Waals surface area contributed by atoms with Gasteiger partial charge in [-0.3, -0.25) is 4.79 Å². The molecule has 1 amide bonds. The van der Waals surface area contributed by atoms with Gasteiger partial charge < -0.3 is 15.5 Å².